The molecule has 0 spiro atoms. The lowest BCUT2D eigenvalue weighted by molar-refractivity contribution is -0.115. The molecule has 0 radical (unpaired) electrons. The van der Waals surface area contributed by atoms with Crippen LogP contribution in [0.2, 0.25) is 0 Å². The fourth-order valence-corrected chi connectivity index (χ4v) is 3.45. The lowest BCUT2D eigenvalue weighted by atomic mass is 10.1. The Morgan fingerprint density at radius 2 is 2.19 bits per heavy atom. The van der Waals surface area contributed by atoms with Crippen molar-refractivity contribution in [3.05, 3.63) is 53.1 Å². The lowest BCUT2D eigenvalue weighted by Crippen LogP contribution is -2.20. The van der Waals surface area contributed by atoms with Gasteiger partial charge in [0.05, 0.1) is 16.8 Å². The zero-order valence-electron chi connectivity index (χ0n) is 14.8. The number of hydrogen-bond donors (Lipinski definition) is 3. The summed E-state index contributed by atoms with van der Waals surface area (Å²) in [6.07, 6.45) is 5.04. The van der Waals surface area contributed by atoms with Crippen LogP contribution in [0.1, 0.15) is 16.7 Å². The maximum absolute atomic E-state index is 11.1. The van der Waals surface area contributed by atoms with Gasteiger partial charge in [-0.05, 0) is 48.2 Å². The highest BCUT2D eigenvalue weighted by Gasteiger charge is 2.05. The van der Waals surface area contributed by atoms with Crippen molar-refractivity contribution in [1.82, 2.24) is 10.3 Å². The first kappa shape index (κ1) is 18.3. The van der Waals surface area contributed by atoms with Crippen molar-refractivity contribution in [1.29, 1.82) is 0 Å². The van der Waals surface area contributed by atoms with Gasteiger partial charge >= 0.3 is 0 Å². The van der Waals surface area contributed by atoms with Crippen molar-refractivity contribution in [2.75, 3.05) is 17.6 Å². The number of thiazole rings is 1. The van der Waals surface area contributed by atoms with Gasteiger partial charge in [0.25, 0.3) is 5.91 Å². The molecular formula is C21H18N4OS. The van der Waals surface area contributed by atoms with E-state index < -0.39 is 5.91 Å². The average molecular weight is 374 g/mol. The molecule has 0 aliphatic heterocycles. The van der Waals surface area contributed by atoms with Crippen LogP contribution in [0, 0.1) is 31.1 Å². The Kier molecular flexibility index (Phi) is 5.61. The number of fused-ring (bicyclic) bond motifs is 1. The van der Waals surface area contributed by atoms with Crippen LogP contribution >= 0.6 is 11.3 Å². The van der Waals surface area contributed by atoms with E-state index in [4.69, 9.17) is 12.2 Å². The first-order valence-electron chi connectivity index (χ1n) is 8.28. The van der Waals surface area contributed by atoms with Crippen molar-refractivity contribution in [3.8, 4) is 24.2 Å². The molecule has 134 valence electrons. The minimum Gasteiger partial charge on any atom is -0.375 e. The lowest BCUT2D eigenvalue weighted by Gasteiger charge is -2.06. The first-order valence-corrected chi connectivity index (χ1v) is 9.09. The van der Waals surface area contributed by atoms with Gasteiger partial charge in [0.2, 0.25) is 0 Å². The molecule has 5 nitrogen and oxygen atoms in total. The highest BCUT2D eigenvalue weighted by atomic mass is 32.1. The summed E-state index contributed by atoms with van der Waals surface area (Å²) in [5, 5.41) is 6.47. The predicted molar refractivity (Wildman–Crippen MR) is 111 cm³/mol. The standard InChI is InChI=1S/C21H18N4OS/c1-3-19(26)24-13-16-6-4-8-17(11-16)23-9-5-7-15-10-14(2)20-18(12-15)27-21(22)25-20/h1,4,6,8,10-12,23H,9,13H2,2H3,(H2,22,25)(H,24,26). The number of nitrogen functional groups attached to an aromatic ring is 1. The molecule has 0 fully saturated rings. The number of terminal acetylenes is 1. The summed E-state index contributed by atoms with van der Waals surface area (Å²) in [6.45, 7) is 2.90. The molecule has 0 unspecified atom stereocenters. The smallest absolute Gasteiger partial charge is 0.295 e. The maximum atomic E-state index is 11.1. The minimum absolute atomic E-state index is 0.390. The highest BCUT2D eigenvalue weighted by Crippen LogP contribution is 2.27. The molecule has 0 aliphatic carbocycles. The van der Waals surface area contributed by atoms with Gasteiger partial charge in [-0.3, -0.25) is 4.79 Å². The van der Waals surface area contributed by atoms with E-state index in [1.165, 1.54) is 11.3 Å². The molecule has 0 atom stereocenters. The number of aryl methyl sites for hydroxylation is 1. The van der Waals surface area contributed by atoms with Gasteiger partial charge in [0, 0.05) is 17.8 Å². The zero-order chi connectivity index (χ0) is 19.2. The second kappa shape index (κ2) is 8.27. The number of carbonyl (C=O) groups excluding carboxylic acids is 1. The number of rotatable bonds is 4. The van der Waals surface area contributed by atoms with Gasteiger partial charge in [0.15, 0.2) is 5.13 Å². The van der Waals surface area contributed by atoms with Crippen LogP contribution in [0.4, 0.5) is 10.8 Å². The molecule has 0 bridgehead atoms. The van der Waals surface area contributed by atoms with E-state index in [1.807, 2.05) is 49.2 Å². The topological polar surface area (TPSA) is 80.0 Å². The maximum Gasteiger partial charge on any atom is 0.295 e. The molecule has 2 aromatic carbocycles. The molecule has 3 aromatic rings. The Labute approximate surface area is 162 Å². The summed E-state index contributed by atoms with van der Waals surface area (Å²) in [6, 6.07) is 11.8. The number of nitrogens with zero attached hydrogens (tertiary/aromatic N) is 1. The second-order valence-corrected chi connectivity index (χ2v) is 6.94. The molecule has 4 N–H and O–H groups in total. The Bertz CT molecular complexity index is 1100. The van der Waals surface area contributed by atoms with Crippen molar-refractivity contribution in [3.63, 3.8) is 0 Å². The third-order valence-electron chi connectivity index (χ3n) is 3.83. The van der Waals surface area contributed by atoms with Gasteiger partial charge in [-0.15, -0.1) is 6.42 Å². The Hall–Kier alpha value is -3.48. The Morgan fingerprint density at radius 1 is 1.33 bits per heavy atom. The SMILES string of the molecule is C#CC(=O)NCc1cccc(NCC#Cc2cc(C)c3nc(N)sc3c2)c1. The van der Waals surface area contributed by atoms with Crippen LogP contribution in [-0.4, -0.2) is 17.4 Å². The normalized spacial score (nSPS) is 9.93. The molecule has 3 rings (SSSR count). The fourth-order valence-electron chi connectivity index (χ4n) is 2.60. The van der Waals surface area contributed by atoms with E-state index in [2.05, 4.69) is 27.5 Å². The molecule has 1 amide bonds. The van der Waals surface area contributed by atoms with Crippen LogP contribution in [-0.2, 0) is 11.3 Å². The highest BCUT2D eigenvalue weighted by molar-refractivity contribution is 7.22. The van der Waals surface area contributed by atoms with Crippen LogP contribution in [0.5, 0.6) is 0 Å². The summed E-state index contributed by atoms with van der Waals surface area (Å²) in [5.74, 6) is 7.90. The van der Waals surface area contributed by atoms with Gasteiger partial charge in [-0.1, -0.05) is 35.3 Å². The number of amides is 1. The van der Waals surface area contributed by atoms with Crippen LogP contribution in [0.25, 0.3) is 10.2 Å². The number of nitrogens with two attached hydrogens (primary N) is 1. The summed E-state index contributed by atoms with van der Waals surface area (Å²) < 4.78 is 1.05. The number of carbonyl (C=O) groups is 1. The molecule has 1 heterocycles. The van der Waals surface area contributed by atoms with E-state index in [9.17, 15) is 4.79 Å². The second-order valence-electron chi connectivity index (χ2n) is 5.87. The third kappa shape index (κ3) is 4.78. The van der Waals surface area contributed by atoms with Gasteiger partial charge < -0.3 is 16.4 Å². The molecule has 0 aliphatic rings. The monoisotopic (exact) mass is 374 g/mol. The predicted octanol–water partition coefficient (Wildman–Crippen LogP) is 2.90. The number of nitrogens with one attached hydrogen (secondary N) is 2. The van der Waals surface area contributed by atoms with Gasteiger partial charge in [-0.2, -0.15) is 0 Å². The number of aromatic nitrogens is 1. The molecule has 1 aromatic heterocycles. The van der Waals surface area contributed by atoms with E-state index in [0.717, 1.165) is 32.6 Å². The first-order chi connectivity index (χ1) is 13.0. The third-order valence-corrected chi connectivity index (χ3v) is 4.66. The number of anilines is 2. The van der Waals surface area contributed by atoms with E-state index in [-0.39, 0.29) is 0 Å². The van der Waals surface area contributed by atoms with Crippen LogP contribution in [0.3, 0.4) is 0 Å². The molecule has 6 heteroatoms. The number of hydrogen-bond acceptors (Lipinski definition) is 5. The quantitative estimate of drug-likeness (QED) is 0.614. The molecule has 0 saturated heterocycles. The Morgan fingerprint density at radius 3 is 3.00 bits per heavy atom. The van der Waals surface area contributed by atoms with Crippen molar-refractivity contribution in [2.24, 2.45) is 0 Å². The number of benzene rings is 2. The summed E-state index contributed by atoms with van der Waals surface area (Å²) in [7, 11) is 0. The van der Waals surface area contributed by atoms with E-state index in [0.29, 0.717) is 18.2 Å². The summed E-state index contributed by atoms with van der Waals surface area (Å²) in [5.41, 5.74) is 10.6. The van der Waals surface area contributed by atoms with Crippen molar-refractivity contribution >= 4 is 38.3 Å². The molecular weight excluding hydrogens is 356 g/mol. The van der Waals surface area contributed by atoms with Gasteiger partial charge in [-0.25, -0.2) is 4.98 Å². The van der Waals surface area contributed by atoms with E-state index in [1.54, 1.807) is 0 Å². The largest absolute Gasteiger partial charge is 0.375 e. The van der Waals surface area contributed by atoms with Crippen LogP contribution in [0.15, 0.2) is 36.4 Å². The fraction of sp³-hybridized carbons (Fsp3) is 0.143. The van der Waals surface area contributed by atoms with Gasteiger partial charge in [0.1, 0.15) is 0 Å². The average Bonchev–Trinajstić information content (AvgIpc) is 3.04. The summed E-state index contributed by atoms with van der Waals surface area (Å²) >= 11 is 1.47. The van der Waals surface area contributed by atoms with E-state index >= 15 is 0 Å². The molecule has 0 saturated carbocycles. The minimum atomic E-state index is -0.422. The van der Waals surface area contributed by atoms with Crippen molar-refractivity contribution in [2.45, 2.75) is 13.5 Å². The van der Waals surface area contributed by atoms with Crippen LogP contribution < -0.4 is 16.4 Å². The zero-order valence-corrected chi connectivity index (χ0v) is 15.6. The molecule has 27 heavy (non-hydrogen) atoms. The Balaban J connectivity index is 1.62. The summed E-state index contributed by atoms with van der Waals surface area (Å²) in [4.78, 5) is 15.5. The van der Waals surface area contributed by atoms with Crippen molar-refractivity contribution < 1.29 is 4.79 Å².